The van der Waals surface area contributed by atoms with E-state index in [2.05, 4.69) is 25.8 Å². The third-order valence-electron chi connectivity index (χ3n) is 4.92. The van der Waals surface area contributed by atoms with Crippen molar-refractivity contribution < 1.29 is 14.6 Å². The number of hydrogen-bond acceptors (Lipinski definition) is 8. The van der Waals surface area contributed by atoms with E-state index in [1.165, 1.54) is 16.2 Å². The highest BCUT2D eigenvalue weighted by atomic mass is 79.9. The van der Waals surface area contributed by atoms with Crippen molar-refractivity contribution in [1.82, 2.24) is 9.88 Å². The van der Waals surface area contributed by atoms with E-state index in [1.54, 1.807) is 0 Å². The molecular weight excluding hydrogens is 538 g/mol. The van der Waals surface area contributed by atoms with E-state index in [0.717, 1.165) is 40.5 Å². The number of anilines is 1. The van der Waals surface area contributed by atoms with Crippen LogP contribution < -0.4 is 4.90 Å². The number of amides is 1. The second-order valence-electron chi connectivity index (χ2n) is 6.84. The molecule has 0 N–H and O–H groups in total. The van der Waals surface area contributed by atoms with Crippen molar-refractivity contribution in [2.24, 2.45) is 0 Å². The highest BCUT2D eigenvalue weighted by molar-refractivity contribution is 9.10. The zero-order valence-corrected chi connectivity index (χ0v) is 21.0. The van der Waals surface area contributed by atoms with Gasteiger partial charge in [-0.25, -0.2) is 4.98 Å². The molecule has 0 fully saturated rings. The zero-order chi connectivity index (χ0) is 23.4. The van der Waals surface area contributed by atoms with Crippen molar-refractivity contribution in [3.8, 4) is 0 Å². The normalized spacial score (nSPS) is 10.8. The highest BCUT2D eigenvalue weighted by Gasteiger charge is 2.26. The predicted octanol–water partition coefficient (Wildman–Crippen LogP) is 5.29. The van der Waals surface area contributed by atoms with Gasteiger partial charge in [0.1, 0.15) is 0 Å². The van der Waals surface area contributed by atoms with Crippen LogP contribution in [-0.4, -0.2) is 51.8 Å². The van der Waals surface area contributed by atoms with Crippen LogP contribution in [0.1, 0.15) is 24.2 Å². The van der Waals surface area contributed by atoms with Crippen molar-refractivity contribution in [2.45, 2.75) is 13.8 Å². The van der Waals surface area contributed by atoms with Crippen molar-refractivity contribution >= 4 is 72.3 Å². The van der Waals surface area contributed by atoms with E-state index in [4.69, 9.17) is 0 Å². The van der Waals surface area contributed by atoms with Gasteiger partial charge < -0.3 is 4.90 Å². The number of nitro benzene ring substituents is 2. The Morgan fingerprint density at radius 2 is 1.64 bits per heavy atom. The first-order valence-electron chi connectivity index (χ1n) is 9.77. The minimum atomic E-state index is -0.751. The van der Waals surface area contributed by atoms with Crippen LogP contribution in [0.3, 0.4) is 0 Å². The number of halogens is 2. The summed E-state index contributed by atoms with van der Waals surface area (Å²) in [5.41, 5.74) is -0.455. The molecule has 1 aromatic heterocycles. The number of hydrogen-bond donors (Lipinski definition) is 0. The highest BCUT2D eigenvalue weighted by Crippen LogP contribution is 2.32. The molecule has 0 spiro atoms. The number of nitrogens with zero attached hydrogens (tertiary/aromatic N) is 5. The van der Waals surface area contributed by atoms with Crippen LogP contribution in [0.2, 0.25) is 0 Å². The minimum Gasteiger partial charge on any atom is -0.302 e. The Bertz CT molecular complexity index is 1150. The van der Waals surface area contributed by atoms with E-state index in [-0.39, 0.29) is 24.5 Å². The Morgan fingerprint density at radius 3 is 2.18 bits per heavy atom. The summed E-state index contributed by atoms with van der Waals surface area (Å²) in [4.78, 5) is 42.6. The van der Waals surface area contributed by atoms with Crippen LogP contribution in [0.4, 0.5) is 16.5 Å². The molecule has 1 heterocycles. The van der Waals surface area contributed by atoms with Gasteiger partial charge in [-0.15, -0.1) is 12.4 Å². The molecule has 0 atom stereocenters. The average Bonchev–Trinajstić information content (AvgIpc) is 3.18. The lowest BCUT2D eigenvalue weighted by Gasteiger charge is -2.24. The Kier molecular flexibility index (Phi) is 9.23. The van der Waals surface area contributed by atoms with Crippen molar-refractivity contribution in [1.29, 1.82) is 0 Å². The molecule has 0 saturated carbocycles. The predicted molar refractivity (Wildman–Crippen MR) is 134 cm³/mol. The van der Waals surface area contributed by atoms with Gasteiger partial charge in [-0.3, -0.25) is 29.9 Å². The van der Waals surface area contributed by atoms with Crippen LogP contribution in [0.5, 0.6) is 0 Å². The molecular formula is C20H21BrClN5O5S. The number of aromatic nitrogens is 1. The topological polar surface area (TPSA) is 123 Å². The van der Waals surface area contributed by atoms with Gasteiger partial charge in [-0.1, -0.05) is 41.1 Å². The molecule has 0 unspecified atom stereocenters. The molecule has 33 heavy (non-hydrogen) atoms. The Labute approximate surface area is 208 Å². The van der Waals surface area contributed by atoms with E-state index >= 15 is 0 Å². The molecule has 176 valence electrons. The summed E-state index contributed by atoms with van der Waals surface area (Å²) >= 11 is 4.73. The largest absolute Gasteiger partial charge is 0.302 e. The maximum Gasteiger partial charge on any atom is 0.277 e. The smallest absolute Gasteiger partial charge is 0.277 e. The third-order valence-corrected chi connectivity index (χ3v) is 6.46. The molecule has 0 aliphatic heterocycles. The maximum absolute atomic E-state index is 13.4. The van der Waals surface area contributed by atoms with Gasteiger partial charge >= 0.3 is 0 Å². The van der Waals surface area contributed by atoms with Crippen LogP contribution in [0.25, 0.3) is 10.2 Å². The number of fused-ring (bicyclic) bond motifs is 1. The molecule has 10 nitrogen and oxygen atoms in total. The van der Waals surface area contributed by atoms with Gasteiger partial charge in [0.25, 0.3) is 17.3 Å². The third kappa shape index (κ3) is 6.22. The van der Waals surface area contributed by atoms with Crippen molar-refractivity contribution in [3.63, 3.8) is 0 Å². The zero-order valence-electron chi connectivity index (χ0n) is 17.8. The number of rotatable bonds is 9. The molecule has 0 aliphatic carbocycles. The molecule has 13 heteroatoms. The fourth-order valence-corrected chi connectivity index (χ4v) is 4.69. The van der Waals surface area contributed by atoms with E-state index in [9.17, 15) is 25.0 Å². The SMILES string of the molecule is CCN(CC)CCN(C(=O)c1cc([N+](=O)[O-])cc([N+](=O)[O-])c1)c1nc2ccc(Br)cc2s1.Cl. The molecule has 0 bridgehead atoms. The van der Waals surface area contributed by atoms with E-state index in [1.807, 2.05) is 32.0 Å². The number of benzene rings is 2. The second-order valence-corrected chi connectivity index (χ2v) is 8.77. The van der Waals surface area contributed by atoms with Gasteiger partial charge in [0.05, 0.1) is 31.7 Å². The van der Waals surface area contributed by atoms with Crippen molar-refractivity contribution in [2.75, 3.05) is 31.1 Å². The Morgan fingerprint density at radius 1 is 1.03 bits per heavy atom. The number of carbonyl (C=O) groups excluding carboxylic acids is 1. The lowest BCUT2D eigenvalue weighted by Crippen LogP contribution is -2.38. The number of likely N-dealkylation sites (N-methyl/N-ethyl adjacent to an activating group) is 1. The molecule has 0 radical (unpaired) electrons. The molecule has 3 rings (SSSR count). The lowest BCUT2D eigenvalue weighted by molar-refractivity contribution is -0.394. The monoisotopic (exact) mass is 557 g/mol. The van der Waals surface area contributed by atoms with Gasteiger partial charge in [-0.2, -0.15) is 0 Å². The van der Waals surface area contributed by atoms with Crippen LogP contribution >= 0.6 is 39.7 Å². The fourth-order valence-electron chi connectivity index (χ4n) is 3.15. The van der Waals surface area contributed by atoms with E-state index in [0.29, 0.717) is 17.2 Å². The molecule has 2 aromatic carbocycles. The number of non-ortho nitro benzene ring substituents is 2. The molecule has 0 saturated heterocycles. The minimum absolute atomic E-state index is 0. The summed E-state index contributed by atoms with van der Waals surface area (Å²) in [6, 6.07) is 8.52. The first kappa shape index (κ1) is 26.6. The first-order valence-corrected chi connectivity index (χ1v) is 11.4. The number of carbonyl (C=O) groups is 1. The molecule has 3 aromatic rings. The fraction of sp³-hybridized carbons (Fsp3) is 0.300. The standard InChI is InChI=1S/C20H20BrN5O5S.ClH/c1-3-23(4-2)7-8-24(20-22-17-6-5-14(21)11-18(17)32-20)19(27)13-9-15(25(28)29)12-16(10-13)26(30)31;/h5-6,9-12H,3-4,7-8H2,1-2H3;1H. The number of thiazole rings is 1. The van der Waals surface area contributed by atoms with Gasteiger partial charge in [-0.05, 0) is 31.3 Å². The van der Waals surface area contributed by atoms with Crippen LogP contribution in [-0.2, 0) is 0 Å². The van der Waals surface area contributed by atoms with Crippen LogP contribution in [0.15, 0.2) is 40.9 Å². The van der Waals surface area contributed by atoms with Crippen LogP contribution in [0, 0.1) is 20.2 Å². The quantitative estimate of drug-likeness (QED) is 0.258. The summed E-state index contributed by atoms with van der Waals surface area (Å²) in [6.45, 7) is 6.41. The summed E-state index contributed by atoms with van der Waals surface area (Å²) in [5, 5.41) is 23.0. The average molecular weight is 559 g/mol. The second kappa shape index (κ2) is 11.5. The maximum atomic E-state index is 13.4. The van der Waals surface area contributed by atoms with Gasteiger partial charge in [0.15, 0.2) is 5.13 Å². The Hall–Kier alpha value is -2.67. The van der Waals surface area contributed by atoms with Gasteiger partial charge in [0, 0.05) is 29.7 Å². The lowest BCUT2D eigenvalue weighted by atomic mass is 10.1. The van der Waals surface area contributed by atoms with Crippen molar-refractivity contribution in [3.05, 3.63) is 66.7 Å². The van der Waals surface area contributed by atoms with E-state index < -0.39 is 27.1 Å². The Balaban J connectivity index is 0.00000385. The molecule has 1 amide bonds. The summed E-state index contributed by atoms with van der Waals surface area (Å²) in [5.74, 6) is -0.581. The molecule has 0 aliphatic rings. The van der Waals surface area contributed by atoms with Gasteiger partial charge in [0.2, 0.25) is 0 Å². The summed E-state index contributed by atoms with van der Waals surface area (Å²) in [7, 11) is 0. The first-order chi connectivity index (χ1) is 15.2. The summed E-state index contributed by atoms with van der Waals surface area (Å²) in [6.07, 6.45) is 0. The summed E-state index contributed by atoms with van der Waals surface area (Å²) < 4.78 is 1.73. The number of nitro groups is 2.